The minimum atomic E-state index is -0.496. The summed E-state index contributed by atoms with van der Waals surface area (Å²) in [6.45, 7) is 0. The molecule has 0 aliphatic carbocycles. The molecule has 0 fully saturated rings. The fourth-order valence-electron chi connectivity index (χ4n) is 1.53. The molecule has 0 bridgehead atoms. The molecule has 0 aliphatic heterocycles. The van der Waals surface area contributed by atoms with Gasteiger partial charge in [0.2, 0.25) is 0 Å². The zero-order valence-electron chi connectivity index (χ0n) is 10.2. The smallest absolute Gasteiger partial charge is 0.337 e. The predicted octanol–water partition coefficient (Wildman–Crippen LogP) is 2.99. The molecule has 0 saturated heterocycles. The number of nitrogen functional groups attached to an aromatic ring is 1. The fourth-order valence-corrected chi connectivity index (χ4v) is 1.53. The number of carbonyl (C=O) groups is 1. The number of hydrogen-bond donors (Lipinski definition) is 1. The molecule has 0 atom stereocenters. The third-order valence-electron chi connectivity index (χ3n) is 2.49. The van der Waals surface area contributed by atoms with Crippen LogP contribution in [-0.2, 0) is 4.74 Å². The number of hydrogen-bond acceptors (Lipinski definition) is 4. The molecule has 0 amide bonds. The lowest BCUT2D eigenvalue weighted by molar-refractivity contribution is 0.0601. The van der Waals surface area contributed by atoms with Crippen LogP contribution in [0, 0.1) is 5.82 Å². The standard InChI is InChI=1S/C14H12FNO3/c1-18-14(17)9-6-7-13(11(16)8-9)19-12-5-3-2-4-10(12)15/h2-8H,16H2,1H3. The maximum absolute atomic E-state index is 13.4. The van der Waals surface area contributed by atoms with E-state index in [4.69, 9.17) is 10.5 Å². The van der Waals surface area contributed by atoms with Crippen molar-refractivity contribution in [1.29, 1.82) is 0 Å². The molecule has 0 aromatic heterocycles. The third kappa shape index (κ3) is 2.82. The lowest BCUT2D eigenvalue weighted by Gasteiger charge is -2.10. The first-order valence-corrected chi connectivity index (χ1v) is 5.52. The van der Waals surface area contributed by atoms with E-state index >= 15 is 0 Å². The van der Waals surface area contributed by atoms with E-state index in [2.05, 4.69) is 4.74 Å². The van der Waals surface area contributed by atoms with Gasteiger partial charge in [-0.1, -0.05) is 12.1 Å². The van der Waals surface area contributed by atoms with Crippen molar-refractivity contribution in [2.45, 2.75) is 0 Å². The van der Waals surface area contributed by atoms with E-state index in [0.717, 1.165) is 0 Å². The van der Waals surface area contributed by atoms with Gasteiger partial charge in [0.1, 0.15) is 0 Å². The number of methoxy groups -OCH3 is 1. The quantitative estimate of drug-likeness (QED) is 0.681. The summed E-state index contributed by atoms with van der Waals surface area (Å²) in [5.41, 5.74) is 6.29. The van der Waals surface area contributed by atoms with Gasteiger partial charge >= 0.3 is 5.97 Å². The average Bonchev–Trinajstić information content (AvgIpc) is 2.42. The van der Waals surface area contributed by atoms with Crippen molar-refractivity contribution in [3.05, 3.63) is 53.8 Å². The summed E-state index contributed by atoms with van der Waals surface area (Å²) in [6, 6.07) is 10.4. The molecule has 5 heteroatoms. The number of ether oxygens (including phenoxy) is 2. The van der Waals surface area contributed by atoms with Crippen LogP contribution in [0.15, 0.2) is 42.5 Å². The van der Waals surface area contributed by atoms with Gasteiger partial charge < -0.3 is 15.2 Å². The molecule has 2 N–H and O–H groups in total. The Morgan fingerprint density at radius 1 is 1.16 bits per heavy atom. The summed E-state index contributed by atoms with van der Waals surface area (Å²) in [6.07, 6.45) is 0. The van der Waals surface area contributed by atoms with Crippen LogP contribution >= 0.6 is 0 Å². The molecule has 0 unspecified atom stereocenters. The van der Waals surface area contributed by atoms with Crippen LogP contribution in [0.25, 0.3) is 0 Å². The lowest BCUT2D eigenvalue weighted by atomic mass is 10.2. The predicted molar refractivity (Wildman–Crippen MR) is 68.7 cm³/mol. The molecular weight excluding hydrogens is 249 g/mol. The van der Waals surface area contributed by atoms with E-state index in [-0.39, 0.29) is 17.2 Å². The number of rotatable bonds is 3. The summed E-state index contributed by atoms with van der Waals surface area (Å²) in [4.78, 5) is 11.3. The van der Waals surface area contributed by atoms with Crippen LogP contribution < -0.4 is 10.5 Å². The first-order chi connectivity index (χ1) is 9.11. The molecule has 0 spiro atoms. The number of benzene rings is 2. The Kier molecular flexibility index (Phi) is 3.66. The van der Waals surface area contributed by atoms with Crippen LogP contribution in [0.4, 0.5) is 10.1 Å². The van der Waals surface area contributed by atoms with Gasteiger partial charge in [-0.2, -0.15) is 0 Å². The van der Waals surface area contributed by atoms with Crippen molar-refractivity contribution in [2.24, 2.45) is 0 Å². The minimum Gasteiger partial charge on any atom is -0.465 e. The highest BCUT2D eigenvalue weighted by Gasteiger charge is 2.10. The second-order valence-electron chi connectivity index (χ2n) is 3.78. The van der Waals surface area contributed by atoms with Gasteiger partial charge in [0.15, 0.2) is 17.3 Å². The van der Waals surface area contributed by atoms with Crippen molar-refractivity contribution in [2.75, 3.05) is 12.8 Å². The van der Waals surface area contributed by atoms with E-state index in [9.17, 15) is 9.18 Å². The Morgan fingerprint density at radius 2 is 1.89 bits per heavy atom. The highest BCUT2D eigenvalue weighted by atomic mass is 19.1. The number of halogens is 1. The fraction of sp³-hybridized carbons (Fsp3) is 0.0714. The Morgan fingerprint density at radius 3 is 2.53 bits per heavy atom. The summed E-state index contributed by atoms with van der Waals surface area (Å²) >= 11 is 0. The Labute approximate surface area is 109 Å². The van der Waals surface area contributed by atoms with Gasteiger partial charge in [-0.3, -0.25) is 0 Å². The number of para-hydroxylation sites is 1. The number of esters is 1. The van der Waals surface area contributed by atoms with Crippen LogP contribution in [0.3, 0.4) is 0 Å². The van der Waals surface area contributed by atoms with Crippen molar-refractivity contribution in [3.63, 3.8) is 0 Å². The minimum absolute atomic E-state index is 0.0695. The topological polar surface area (TPSA) is 61.5 Å². The Balaban J connectivity index is 2.27. The van der Waals surface area contributed by atoms with Crippen LogP contribution in [-0.4, -0.2) is 13.1 Å². The zero-order chi connectivity index (χ0) is 13.8. The van der Waals surface area contributed by atoms with Gasteiger partial charge in [-0.15, -0.1) is 0 Å². The van der Waals surface area contributed by atoms with Gasteiger partial charge in [0.25, 0.3) is 0 Å². The molecule has 0 saturated carbocycles. The van der Waals surface area contributed by atoms with Crippen LogP contribution in [0.5, 0.6) is 11.5 Å². The first-order valence-electron chi connectivity index (χ1n) is 5.52. The van der Waals surface area contributed by atoms with Crippen LogP contribution in [0.1, 0.15) is 10.4 Å². The number of carbonyl (C=O) groups excluding carboxylic acids is 1. The Hall–Kier alpha value is -2.56. The second kappa shape index (κ2) is 5.39. The first kappa shape index (κ1) is 12.9. The maximum atomic E-state index is 13.4. The molecule has 4 nitrogen and oxygen atoms in total. The summed E-state index contributed by atoms with van der Waals surface area (Å²) in [5, 5.41) is 0. The monoisotopic (exact) mass is 261 g/mol. The van der Waals surface area contributed by atoms with Gasteiger partial charge in [0, 0.05) is 0 Å². The normalized spacial score (nSPS) is 10.0. The molecule has 2 aromatic rings. The largest absolute Gasteiger partial charge is 0.465 e. The molecule has 19 heavy (non-hydrogen) atoms. The third-order valence-corrected chi connectivity index (χ3v) is 2.49. The Bertz CT molecular complexity index is 613. The van der Waals surface area contributed by atoms with Crippen molar-refractivity contribution >= 4 is 11.7 Å². The van der Waals surface area contributed by atoms with Crippen molar-refractivity contribution in [1.82, 2.24) is 0 Å². The second-order valence-corrected chi connectivity index (χ2v) is 3.78. The van der Waals surface area contributed by atoms with E-state index in [0.29, 0.717) is 5.56 Å². The van der Waals surface area contributed by atoms with Gasteiger partial charge in [0.05, 0.1) is 18.4 Å². The molecule has 0 aliphatic rings. The highest BCUT2D eigenvalue weighted by Crippen LogP contribution is 2.29. The molecule has 0 radical (unpaired) electrons. The molecular formula is C14H12FNO3. The molecule has 98 valence electrons. The average molecular weight is 261 g/mol. The highest BCUT2D eigenvalue weighted by molar-refractivity contribution is 5.90. The summed E-state index contributed by atoms with van der Waals surface area (Å²) in [5.74, 6) is -0.638. The summed E-state index contributed by atoms with van der Waals surface area (Å²) in [7, 11) is 1.28. The van der Waals surface area contributed by atoms with Gasteiger partial charge in [-0.05, 0) is 30.3 Å². The molecule has 0 heterocycles. The number of anilines is 1. The van der Waals surface area contributed by atoms with Gasteiger partial charge in [-0.25, -0.2) is 9.18 Å². The van der Waals surface area contributed by atoms with Crippen molar-refractivity contribution < 1.29 is 18.7 Å². The molecule has 2 rings (SSSR count). The number of nitrogens with two attached hydrogens (primary N) is 1. The zero-order valence-corrected chi connectivity index (χ0v) is 10.2. The maximum Gasteiger partial charge on any atom is 0.337 e. The van der Waals surface area contributed by atoms with Crippen molar-refractivity contribution in [3.8, 4) is 11.5 Å². The molecule has 2 aromatic carbocycles. The summed E-state index contributed by atoms with van der Waals surface area (Å²) < 4.78 is 23.4. The van der Waals surface area contributed by atoms with E-state index in [1.165, 1.54) is 37.4 Å². The SMILES string of the molecule is COC(=O)c1ccc(Oc2ccccc2F)c(N)c1. The van der Waals surface area contributed by atoms with E-state index in [1.807, 2.05) is 0 Å². The van der Waals surface area contributed by atoms with E-state index < -0.39 is 11.8 Å². The van der Waals surface area contributed by atoms with Crippen LogP contribution in [0.2, 0.25) is 0 Å². The van der Waals surface area contributed by atoms with E-state index in [1.54, 1.807) is 12.1 Å². The lowest BCUT2D eigenvalue weighted by Crippen LogP contribution is -2.03.